The second-order valence-electron chi connectivity index (χ2n) is 6.71. The molecule has 2 unspecified atom stereocenters. The number of halogens is 1. The van der Waals surface area contributed by atoms with Gasteiger partial charge in [-0.15, -0.1) is 0 Å². The summed E-state index contributed by atoms with van der Waals surface area (Å²) >= 11 is 0. The SMILES string of the molecule is CCNC(=NCC1(CCO)CCOC1)NCC(C)Oc1ccccc1F. The van der Waals surface area contributed by atoms with Crippen molar-refractivity contribution in [3.63, 3.8) is 0 Å². The lowest BCUT2D eigenvalue weighted by Crippen LogP contribution is -2.42. The molecule has 1 aromatic carbocycles. The van der Waals surface area contributed by atoms with Crippen LogP contribution in [0.3, 0.4) is 0 Å². The number of aliphatic hydroxyl groups excluding tert-OH is 1. The Morgan fingerprint density at radius 2 is 2.23 bits per heavy atom. The minimum absolute atomic E-state index is 0.0909. The molecular formula is C19H30FN3O3. The zero-order chi connectivity index (χ0) is 18.8. The molecule has 0 saturated carbocycles. The molecule has 1 heterocycles. The molecule has 26 heavy (non-hydrogen) atoms. The van der Waals surface area contributed by atoms with Gasteiger partial charge in [-0.05, 0) is 38.8 Å². The van der Waals surface area contributed by atoms with E-state index in [1.807, 2.05) is 13.8 Å². The van der Waals surface area contributed by atoms with Crippen molar-refractivity contribution in [2.45, 2.75) is 32.8 Å². The molecule has 146 valence electrons. The zero-order valence-electron chi connectivity index (χ0n) is 15.6. The summed E-state index contributed by atoms with van der Waals surface area (Å²) in [4.78, 5) is 4.66. The predicted molar refractivity (Wildman–Crippen MR) is 100 cm³/mol. The molecule has 1 saturated heterocycles. The average molecular weight is 367 g/mol. The number of benzene rings is 1. The highest BCUT2D eigenvalue weighted by molar-refractivity contribution is 5.79. The maximum atomic E-state index is 13.7. The van der Waals surface area contributed by atoms with E-state index < -0.39 is 0 Å². The summed E-state index contributed by atoms with van der Waals surface area (Å²) in [5.41, 5.74) is -0.0909. The fourth-order valence-corrected chi connectivity index (χ4v) is 2.92. The van der Waals surface area contributed by atoms with Crippen LogP contribution in [0.1, 0.15) is 26.7 Å². The van der Waals surface area contributed by atoms with Gasteiger partial charge in [-0.1, -0.05) is 12.1 Å². The van der Waals surface area contributed by atoms with Gasteiger partial charge < -0.3 is 25.2 Å². The molecule has 1 aliphatic rings. The summed E-state index contributed by atoms with van der Waals surface area (Å²) in [5, 5.41) is 15.8. The van der Waals surface area contributed by atoms with E-state index in [9.17, 15) is 9.50 Å². The first-order valence-corrected chi connectivity index (χ1v) is 9.20. The number of aliphatic imine (C=N–C) groups is 1. The van der Waals surface area contributed by atoms with Gasteiger partial charge >= 0.3 is 0 Å². The Bertz CT molecular complexity index is 577. The van der Waals surface area contributed by atoms with Crippen molar-refractivity contribution < 1.29 is 19.0 Å². The molecule has 0 spiro atoms. The van der Waals surface area contributed by atoms with Gasteiger partial charge in [0.25, 0.3) is 0 Å². The Morgan fingerprint density at radius 3 is 2.88 bits per heavy atom. The number of guanidine groups is 1. The fourth-order valence-electron chi connectivity index (χ4n) is 2.92. The lowest BCUT2D eigenvalue weighted by atomic mass is 9.84. The second kappa shape index (κ2) is 10.3. The Kier molecular flexibility index (Phi) is 8.12. The molecule has 2 atom stereocenters. The van der Waals surface area contributed by atoms with Crippen LogP contribution < -0.4 is 15.4 Å². The van der Waals surface area contributed by atoms with Crippen molar-refractivity contribution in [2.75, 3.05) is 39.5 Å². The van der Waals surface area contributed by atoms with E-state index in [4.69, 9.17) is 9.47 Å². The molecule has 2 rings (SSSR count). The molecule has 0 aromatic heterocycles. The van der Waals surface area contributed by atoms with Gasteiger partial charge in [0.05, 0.1) is 19.7 Å². The maximum absolute atomic E-state index is 13.7. The molecule has 7 heteroatoms. The molecule has 1 aromatic rings. The van der Waals surface area contributed by atoms with Crippen LogP contribution >= 0.6 is 0 Å². The highest BCUT2D eigenvalue weighted by atomic mass is 19.1. The maximum Gasteiger partial charge on any atom is 0.191 e. The fraction of sp³-hybridized carbons (Fsp3) is 0.632. The molecule has 0 radical (unpaired) electrons. The average Bonchev–Trinajstić information content (AvgIpc) is 3.08. The van der Waals surface area contributed by atoms with E-state index in [0.29, 0.717) is 38.7 Å². The number of aliphatic hydroxyl groups is 1. The van der Waals surface area contributed by atoms with Crippen LogP contribution in [0.15, 0.2) is 29.3 Å². The molecule has 3 N–H and O–H groups in total. The topological polar surface area (TPSA) is 75.1 Å². The molecule has 0 bridgehead atoms. The number of para-hydroxylation sites is 1. The van der Waals surface area contributed by atoms with Gasteiger partial charge in [-0.2, -0.15) is 0 Å². The summed E-state index contributed by atoms with van der Waals surface area (Å²) in [6, 6.07) is 6.37. The van der Waals surface area contributed by atoms with Crippen LogP contribution in [-0.4, -0.2) is 56.6 Å². The Morgan fingerprint density at radius 1 is 1.42 bits per heavy atom. The van der Waals surface area contributed by atoms with Crippen LogP contribution in [-0.2, 0) is 4.74 Å². The Labute approximate surface area is 154 Å². The first-order chi connectivity index (χ1) is 12.6. The number of hydrogen-bond acceptors (Lipinski definition) is 4. The highest BCUT2D eigenvalue weighted by Gasteiger charge is 2.34. The van der Waals surface area contributed by atoms with E-state index in [1.165, 1.54) is 6.07 Å². The normalized spacial score (nSPS) is 21.5. The first kappa shape index (κ1) is 20.5. The molecule has 0 aliphatic carbocycles. The van der Waals surface area contributed by atoms with Gasteiger partial charge in [0.15, 0.2) is 17.5 Å². The van der Waals surface area contributed by atoms with Gasteiger partial charge in [0.1, 0.15) is 6.10 Å². The van der Waals surface area contributed by atoms with Crippen LogP contribution in [0.4, 0.5) is 4.39 Å². The quantitative estimate of drug-likeness (QED) is 0.459. The first-order valence-electron chi connectivity index (χ1n) is 9.20. The lowest BCUT2D eigenvalue weighted by molar-refractivity contribution is 0.131. The van der Waals surface area contributed by atoms with Crippen molar-refractivity contribution in [3.8, 4) is 5.75 Å². The number of hydrogen-bond donors (Lipinski definition) is 3. The van der Waals surface area contributed by atoms with Gasteiger partial charge in [-0.25, -0.2) is 4.39 Å². The summed E-state index contributed by atoms with van der Waals surface area (Å²) in [6.45, 7) is 7.17. The van der Waals surface area contributed by atoms with Gasteiger partial charge in [0, 0.05) is 25.2 Å². The minimum Gasteiger partial charge on any atom is -0.486 e. The van der Waals surface area contributed by atoms with Crippen LogP contribution in [0.25, 0.3) is 0 Å². The summed E-state index contributed by atoms with van der Waals surface area (Å²) < 4.78 is 24.8. The molecular weight excluding hydrogens is 337 g/mol. The number of nitrogens with one attached hydrogen (secondary N) is 2. The smallest absolute Gasteiger partial charge is 0.191 e. The number of ether oxygens (including phenoxy) is 2. The molecule has 1 fully saturated rings. The molecule has 0 amide bonds. The van der Waals surface area contributed by atoms with Crippen molar-refractivity contribution in [2.24, 2.45) is 10.4 Å². The van der Waals surface area contributed by atoms with E-state index in [1.54, 1.807) is 18.2 Å². The van der Waals surface area contributed by atoms with E-state index in [-0.39, 0.29) is 29.7 Å². The standard InChI is InChI=1S/C19H30FN3O3/c1-3-21-18(23-13-19(8-10-24)9-11-25-14-19)22-12-15(2)26-17-7-5-4-6-16(17)20/h4-7,15,24H,3,8-14H2,1-2H3,(H2,21,22,23). The van der Waals surface area contributed by atoms with Crippen molar-refractivity contribution in [3.05, 3.63) is 30.1 Å². The third-order valence-corrected chi connectivity index (χ3v) is 4.47. The minimum atomic E-state index is -0.368. The second-order valence-corrected chi connectivity index (χ2v) is 6.71. The predicted octanol–water partition coefficient (Wildman–Crippen LogP) is 1.94. The zero-order valence-corrected chi connectivity index (χ0v) is 15.6. The lowest BCUT2D eigenvalue weighted by Gasteiger charge is -2.25. The summed E-state index contributed by atoms with van der Waals surface area (Å²) in [6.07, 6.45) is 1.36. The largest absolute Gasteiger partial charge is 0.486 e. The van der Waals surface area contributed by atoms with E-state index in [0.717, 1.165) is 13.0 Å². The summed E-state index contributed by atoms with van der Waals surface area (Å²) in [7, 11) is 0. The molecule has 1 aliphatic heterocycles. The van der Waals surface area contributed by atoms with E-state index >= 15 is 0 Å². The number of nitrogens with zero attached hydrogens (tertiary/aromatic N) is 1. The van der Waals surface area contributed by atoms with Crippen LogP contribution in [0.5, 0.6) is 5.75 Å². The van der Waals surface area contributed by atoms with Crippen molar-refractivity contribution >= 4 is 5.96 Å². The third-order valence-electron chi connectivity index (χ3n) is 4.47. The van der Waals surface area contributed by atoms with E-state index in [2.05, 4.69) is 15.6 Å². The van der Waals surface area contributed by atoms with Gasteiger partial charge in [0.2, 0.25) is 0 Å². The highest BCUT2D eigenvalue weighted by Crippen LogP contribution is 2.32. The molecule has 6 nitrogen and oxygen atoms in total. The Balaban J connectivity index is 1.89. The van der Waals surface area contributed by atoms with Crippen LogP contribution in [0, 0.1) is 11.2 Å². The Hall–Kier alpha value is -1.86. The summed E-state index contributed by atoms with van der Waals surface area (Å²) in [5.74, 6) is 0.557. The third kappa shape index (κ3) is 6.14. The number of rotatable bonds is 9. The monoisotopic (exact) mass is 367 g/mol. The van der Waals surface area contributed by atoms with Crippen LogP contribution in [0.2, 0.25) is 0 Å². The van der Waals surface area contributed by atoms with Crippen molar-refractivity contribution in [1.82, 2.24) is 10.6 Å². The van der Waals surface area contributed by atoms with Crippen molar-refractivity contribution in [1.29, 1.82) is 0 Å². The van der Waals surface area contributed by atoms with Gasteiger partial charge in [-0.3, -0.25) is 4.99 Å².